The molecule has 2 aliphatic heterocycles. The summed E-state index contributed by atoms with van der Waals surface area (Å²) in [7, 11) is -0.774. The first-order valence-corrected chi connectivity index (χ1v) is 8.82. The first-order valence-electron chi connectivity index (χ1n) is 8.82. The highest BCUT2D eigenvalue weighted by atomic mass is 16.3. The van der Waals surface area contributed by atoms with Crippen LogP contribution in [0.2, 0.25) is 13.6 Å². The van der Waals surface area contributed by atoms with Gasteiger partial charge in [-0.1, -0.05) is 0 Å². The molecule has 2 fully saturated rings. The second-order valence-electron chi connectivity index (χ2n) is 6.93. The van der Waals surface area contributed by atoms with Crippen LogP contribution in [0.3, 0.4) is 0 Å². The van der Waals surface area contributed by atoms with Crippen molar-refractivity contribution in [2.75, 3.05) is 26.2 Å². The highest BCUT2D eigenvalue weighted by molar-refractivity contribution is 6.45. The minimum absolute atomic E-state index is 0.137. The molecule has 6 nitrogen and oxygen atoms in total. The fourth-order valence-electron chi connectivity index (χ4n) is 3.26. The predicted octanol–water partition coefficient (Wildman–Crippen LogP) is 0.197. The van der Waals surface area contributed by atoms with Crippen LogP contribution in [0, 0.1) is 11.8 Å². The molecule has 0 radical (unpaired) electrons. The van der Waals surface area contributed by atoms with Gasteiger partial charge in [-0.25, -0.2) is 0 Å². The molecule has 3 atom stereocenters. The second-order valence-corrected chi connectivity index (χ2v) is 6.93. The zero-order valence-corrected chi connectivity index (χ0v) is 14.8. The van der Waals surface area contributed by atoms with Gasteiger partial charge in [0.25, 0.3) is 0 Å². The number of hydrogen-bond donors (Lipinski definition) is 3. The van der Waals surface area contributed by atoms with Crippen LogP contribution in [-0.4, -0.2) is 77.4 Å². The summed E-state index contributed by atoms with van der Waals surface area (Å²) in [6.07, 6.45) is 4.92. The van der Waals surface area contributed by atoms with Crippen LogP contribution >= 0.6 is 0 Å². The monoisotopic (exact) mass is 326 g/mol. The molecule has 2 saturated heterocycles. The molecule has 0 bridgehead atoms. The third-order valence-corrected chi connectivity index (χ3v) is 4.91. The lowest BCUT2D eigenvalue weighted by molar-refractivity contribution is -0.112. The number of aliphatic hydroxyl groups excluding tert-OH is 1. The number of carbonyl (C=O) groups is 1. The first kappa shape index (κ1) is 20.6. The summed E-state index contributed by atoms with van der Waals surface area (Å²) in [4.78, 5) is 14.4. The van der Waals surface area contributed by atoms with E-state index in [9.17, 15) is 19.9 Å². The van der Waals surface area contributed by atoms with Crippen molar-refractivity contribution in [1.29, 1.82) is 0 Å². The Hall–Kier alpha value is -0.400. The molecule has 3 N–H and O–H groups in total. The maximum Gasteiger partial charge on any atom is 0.376 e. The van der Waals surface area contributed by atoms with Gasteiger partial charge in [-0.3, -0.25) is 0 Å². The number of aliphatic hydroxyl groups is 1. The zero-order valence-electron chi connectivity index (χ0n) is 14.8. The summed E-state index contributed by atoms with van der Waals surface area (Å²) >= 11 is 0. The molecule has 0 amide bonds. The van der Waals surface area contributed by atoms with Gasteiger partial charge in [0.2, 0.25) is 0 Å². The van der Waals surface area contributed by atoms with E-state index in [0.29, 0.717) is 5.92 Å². The Labute approximate surface area is 141 Å². The normalized spacial score (nSPS) is 27.6. The second kappa shape index (κ2) is 10.5. The highest BCUT2D eigenvalue weighted by Crippen LogP contribution is 2.19. The van der Waals surface area contributed by atoms with Gasteiger partial charge in [-0.2, -0.15) is 0 Å². The van der Waals surface area contributed by atoms with Crippen molar-refractivity contribution in [2.45, 2.75) is 52.4 Å². The summed E-state index contributed by atoms with van der Waals surface area (Å²) in [6, 6.07) is 0. The topological polar surface area (TPSA) is 84.2 Å². The van der Waals surface area contributed by atoms with Crippen LogP contribution in [0.4, 0.5) is 0 Å². The fraction of sp³-hybridized carbons (Fsp3) is 0.933. The van der Waals surface area contributed by atoms with Gasteiger partial charge in [0.1, 0.15) is 6.29 Å². The van der Waals surface area contributed by atoms with Gasteiger partial charge in [-0.05, 0) is 78.4 Å². The molecule has 2 aliphatic rings. The summed E-state index contributed by atoms with van der Waals surface area (Å²) in [5, 5.41) is 27.9. The third kappa shape index (κ3) is 7.35. The molecule has 2 heterocycles. The Morgan fingerprint density at radius 3 is 2.04 bits per heavy atom. The van der Waals surface area contributed by atoms with E-state index in [1.807, 2.05) is 16.5 Å². The van der Waals surface area contributed by atoms with Crippen molar-refractivity contribution in [3.8, 4) is 0 Å². The predicted molar refractivity (Wildman–Crippen MR) is 94.0 cm³/mol. The van der Waals surface area contributed by atoms with Gasteiger partial charge in [-0.15, -0.1) is 0 Å². The van der Waals surface area contributed by atoms with Crippen LogP contribution in [0.5, 0.6) is 0 Å². The Kier molecular flexibility index (Phi) is 9.39. The van der Waals surface area contributed by atoms with Gasteiger partial charge >= 0.3 is 14.1 Å². The van der Waals surface area contributed by atoms with Gasteiger partial charge in [0, 0.05) is 5.92 Å². The fourth-order valence-corrected chi connectivity index (χ4v) is 3.26. The van der Waals surface area contributed by atoms with Crippen molar-refractivity contribution in [2.24, 2.45) is 11.8 Å². The lowest BCUT2D eigenvalue weighted by atomic mass is 9.80. The third-order valence-electron chi connectivity index (χ3n) is 4.91. The molecule has 2 rings (SSSR count). The Bertz CT molecular complexity index is 331. The van der Waals surface area contributed by atoms with Crippen molar-refractivity contribution >= 4 is 20.4 Å². The number of carbonyl (C=O) groups excluding carboxylic acids is 1. The molecular weight excluding hydrogens is 294 g/mol. The van der Waals surface area contributed by atoms with Crippen LogP contribution in [0.15, 0.2) is 0 Å². The van der Waals surface area contributed by atoms with Gasteiger partial charge < -0.3 is 29.6 Å². The average molecular weight is 326 g/mol. The SMILES string of the molecule is CB(O)N1CCCC(C(C)O)C1.CB(O)N1CCCC(C=O)C1. The number of piperidine rings is 2. The Morgan fingerprint density at radius 1 is 1.04 bits per heavy atom. The maximum atomic E-state index is 10.4. The standard InChI is InChI=1S/C8H18BNO2.C7H14BNO2/c1-7(11)8-4-3-5-10(6-8)9(2)12;1-8(11)9-4-2-3-7(5-9)6-10/h7-8,11-12H,3-6H2,1-2H3;6-7,11H,2-5H2,1H3. The molecule has 0 spiro atoms. The molecule has 23 heavy (non-hydrogen) atoms. The molecular formula is C15H32B2N2O4. The lowest BCUT2D eigenvalue weighted by Crippen LogP contribution is -2.46. The number of rotatable bonds is 4. The van der Waals surface area contributed by atoms with Crippen molar-refractivity contribution in [1.82, 2.24) is 9.62 Å². The van der Waals surface area contributed by atoms with Crippen LogP contribution < -0.4 is 0 Å². The molecule has 0 saturated carbocycles. The molecule has 132 valence electrons. The Balaban J connectivity index is 0.000000231. The summed E-state index contributed by atoms with van der Waals surface area (Å²) < 4.78 is 0. The quantitative estimate of drug-likeness (QED) is 0.506. The lowest BCUT2D eigenvalue weighted by Gasteiger charge is -2.34. The molecule has 0 aromatic heterocycles. The van der Waals surface area contributed by atoms with Gasteiger partial charge in [0.15, 0.2) is 0 Å². The summed E-state index contributed by atoms with van der Waals surface area (Å²) in [5.41, 5.74) is 0. The smallest absolute Gasteiger partial charge is 0.376 e. The first-order chi connectivity index (χ1) is 10.8. The minimum Gasteiger partial charge on any atom is -0.437 e. The van der Waals surface area contributed by atoms with Crippen LogP contribution in [0.25, 0.3) is 0 Å². The van der Waals surface area contributed by atoms with E-state index in [-0.39, 0.29) is 19.1 Å². The van der Waals surface area contributed by atoms with Crippen molar-refractivity contribution in [3.05, 3.63) is 0 Å². The summed E-state index contributed by atoms with van der Waals surface area (Å²) in [5.74, 6) is 0.478. The van der Waals surface area contributed by atoms with Crippen molar-refractivity contribution < 1.29 is 19.9 Å². The molecule has 0 aromatic rings. The Morgan fingerprint density at radius 2 is 1.57 bits per heavy atom. The van der Waals surface area contributed by atoms with E-state index in [2.05, 4.69) is 0 Å². The number of hydrogen-bond acceptors (Lipinski definition) is 6. The largest absolute Gasteiger partial charge is 0.437 e. The molecule has 0 aliphatic carbocycles. The number of aldehydes is 1. The van der Waals surface area contributed by atoms with E-state index in [0.717, 1.165) is 58.1 Å². The van der Waals surface area contributed by atoms with Crippen molar-refractivity contribution in [3.63, 3.8) is 0 Å². The zero-order chi connectivity index (χ0) is 17.4. The van der Waals surface area contributed by atoms with Crippen LogP contribution in [0.1, 0.15) is 32.6 Å². The molecule has 3 unspecified atom stereocenters. The minimum atomic E-state index is -0.405. The van der Waals surface area contributed by atoms with E-state index in [4.69, 9.17) is 0 Å². The highest BCUT2D eigenvalue weighted by Gasteiger charge is 2.27. The summed E-state index contributed by atoms with van der Waals surface area (Å²) in [6.45, 7) is 8.78. The molecule has 8 heteroatoms. The van der Waals surface area contributed by atoms with E-state index in [1.54, 1.807) is 13.6 Å². The molecule has 0 aromatic carbocycles. The van der Waals surface area contributed by atoms with E-state index >= 15 is 0 Å². The van der Waals surface area contributed by atoms with Crippen LogP contribution in [-0.2, 0) is 4.79 Å². The van der Waals surface area contributed by atoms with Gasteiger partial charge in [0.05, 0.1) is 6.10 Å². The maximum absolute atomic E-state index is 10.4. The average Bonchev–Trinajstić information content (AvgIpc) is 2.55. The van der Waals surface area contributed by atoms with E-state index < -0.39 is 7.05 Å². The number of nitrogens with zero attached hydrogens (tertiary/aromatic N) is 2. The van der Waals surface area contributed by atoms with E-state index in [1.165, 1.54) is 0 Å².